The third-order valence-corrected chi connectivity index (χ3v) is 4.57. The summed E-state index contributed by atoms with van der Waals surface area (Å²) in [6.07, 6.45) is 1.28. The second-order valence-electron chi connectivity index (χ2n) is 6.35. The minimum Gasteiger partial charge on any atom is -0.368 e. The Morgan fingerprint density at radius 1 is 1.33 bits per heavy atom. The van der Waals surface area contributed by atoms with Gasteiger partial charge in [-0.05, 0) is 45.7 Å². The number of nitrogens with one attached hydrogen (secondary N) is 1. The number of benzene rings is 1. The number of para-hydroxylation sites is 2. The fraction of sp³-hybridized carbons (Fsp3) is 0.500. The quantitative estimate of drug-likeness (QED) is 0.915. The van der Waals surface area contributed by atoms with Crippen LogP contribution in [0.4, 0.5) is 0 Å². The van der Waals surface area contributed by atoms with Crippen LogP contribution < -0.4 is 5.32 Å². The maximum absolute atomic E-state index is 12.3. The number of aromatic nitrogens is 2. The average molecular weight is 329 g/mol. The number of hydrogen-bond acceptors (Lipinski definition) is 4. The molecular weight excluding hydrogens is 306 g/mol. The highest BCUT2D eigenvalue weighted by Crippen LogP contribution is 2.26. The smallest absolute Gasteiger partial charge is 0.249 e. The van der Waals surface area contributed by atoms with Crippen molar-refractivity contribution in [3.8, 4) is 0 Å². The molecule has 0 bridgehead atoms. The molecule has 3 atom stereocenters. The van der Waals surface area contributed by atoms with Crippen LogP contribution in [0.3, 0.4) is 0 Å². The number of carbonyl (C=O) groups is 2. The van der Waals surface area contributed by atoms with Crippen molar-refractivity contribution in [2.24, 2.45) is 0 Å². The van der Waals surface area contributed by atoms with E-state index in [9.17, 15) is 9.59 Å². The van der Waals surface area contributed by atoms with E-state index < -0.39 is 0 Å². The second kappa shape index (κ2) is 6.73. The van der Waals surface area contributed by atoms with E-state index in [1.807, 2.05) is 42.7 Å². The van der Waals surface area contributed by atoms with Gasteiger partial charge in [-0.3, -0.25) is 9.59 Å². The maximum Gasteiger partial charge on any atom is 0.249 e. The van der Waals surface area contributed by atoms with Crippen molar-refractivity contribution in [2.45, 2.75) is 51.8 Å². The lowest BCUT2D eigenvalue weighted by molar-refractivity contribution is -0.130. The summed E-state index contributed by atoms with van der Waals surface area (Å²) in [4.78, 5) is 28.9. The number of carbonyl (C=O) groups excluding carboxylic acids is 2. The Hall–Kier alpha value is -2.21. The van der Waals surface area contributed by atoms with Crippen LogP contribution in [0.1, 0.15) is 51.5 Å². The number of Topliss-reactive ketones (excluding diaryl/α,β-unsaturated/α-hetero) is 1. The summed E-state index contributed by atoms with van der Waals surface area (Å²) in [5, 5.41) is 2.97. The third-order valence-electron chi connectivity index (χ3n) is 4.57. The number of nitrogens with zero attached hydrogens (tertiary/aromatic N) is 2. The molecule has 0 saturated carbocycles. The lowest BCUT2D eigenvalue weighted by Crippen LogP contribution is -2.37. The minimum atomic E-state index is -0.379. The largest absolute Gasteiger partial charge is 0.368 e. The molecular formula is C18H23N3O3. The van der Waals surface area contributed by atoms with Crippen LogP contribution in [-0.4, -0.2) is 34.0 Å². The summed E-state index contributed by atoms with van der Waals surface area (Å²) < 4.78 is 7.35. The molecule has 6 heteroatoms. The summed E-state index contributed by atoms with van der Waals surface area (Å²) in [6.45, 7) is 5.94. The summed E-state index contributed by atoms with van der Waals surface area (Å²) in [5.41, 5.74) is 1.72. The van der Waals surface area contributed by atoms with Crippen molar-refractivity contribution in [3.63, 3.8) is 0 Å². The van der Waals surface area contributed by atoms with Gasteiger partial charge in [0.2, 0.25) is 5.91 Å². The van der Waals surface area contributed by atoms with Gasteiger partial charge in [-0.15, -0.1) is 0 Å². The first-order valence-corrected chi connectivity index (χ1v) is 8.38. The highest BCUT2D eigenvalue weighted by atomic mass is 16.5. The SMILES string of the molecule is CC(=O)C(C)n1c(C(C)NC(=O)C2CCCO2)nc2ccccc21. The number of ether oxygens (including phenoxy) is 1. The van der Waals surface area contributed by atoms with Crippen LogP contribution >= 0.6 is 0 Å². The predicted octanol–water partition coefficient (Wildman–Crippen LogP) is 2.54. The Kier molecular flexibility index (Phi) is 4.66. The molecule has 3 unspecified atom stereocenters. The number of fused-ring (bicyclic) bond motifs is 1. The average Bonchev–Trinajstić information content (AvgIpc) is 3.21. The lowest BCUT2D eigenvalue weighted by Gasteiger charge is -2.20. The Balaban J connectivity index is 1.93. The molecule has 24 heavy (non-hydrogen) atoms. The summed E-state index contributed by atoms with van der Waals surface area (Å²) in [7, 11) is 0. The minimum absolute atomic E-state index is 0.0528. The molecule has 0 radical (unpaired) electrons. The van der Waals surface area contributed by atoms with Crippen molar-refractivity contribution >= 4 is 22.7 Å². The molecule has 1 saturated heterocycles. The van der Waals surface area contributed by atoms with Crippen molar-refractivity contribution in [1.82, 2.24) is 14.9 Å². The van der Waals surface area contributed by atoms with Gasteiger partial charge >= 0.3 is 0 Å². The van der Waals surface area contributed by atoms with Crippen LogP contribution in [-0.2, 0) is 14.3 Å². The highest BCUT2D eigenvalue weighted by molar-refractivity contribution is 5.84. The number of amides is 1. The molecule has 0 spiro atoms. The molecule has 3 rings (SSSR count). The topological polar surface area (TPSA) is 73.2 Å². The Labute approximate surface area is 141 Å². The standard InChI is InChI=1S/C18H23N3O3/c1-11(19-18(23)16-9-6-10-24-16)17-20-14-7-4-5-8-15(14)21(17)12(2)13(3)22/h4-5,7-8,11-12,16H,6,9-10H2,1-3H3,(H,19,23). The maximum atomic E-state index is 12.3. The first-order valence-electron chi connectivity index (χ1n) is 8.38. The molecule has 1 aromatic carbocycles. The van der Waals surface area contributed by atoms with Gasteiger partial charge in [-0.25, -0.2) is 4.98 Å². The van der Waals surface area contributed by atoms with Gasteiger partial charge in [0, 0.05) is 6.61 Å². The van der Waals surface area contributed by atoms with Crippen molar-refractivity contribution in [2.75, 3.05) is 6.61 Å². The van der Waals surface area contributed by atoms with E-state index in [0.717, 1.165) is 23.9 Å². The summed E-state index contributed by atoms with van der Waals surface area (Å²) in [5.74, 6) is 0.622. The van der Waals surface area contributed by atoms with Crippen LogP contribution in [0.15, 0.2) is 24.3 Å². The first-order chi connectivity index (χ1) is 11.5. The molecule has 1 amide bonds. The zero-order valence-corrected chi connectivity index (χ0v) is 14.3. The van der Waals surface area contributed by atoms with E-state index in [1.165, 1.54) is 0 Å². The first kappa shape index (κ1) is 16.6. The molecule has 2 heterocycles. The van der Waals surface area contributed by atoms with Gasteiger partial charge in [0.25, 0.3) is 0 Å². The van der Waals surface area contributed by atoms with Crippen molar-refractivity contribution in [3.05, 3.63) is 30.1 Å². The number of rotatable bonds is 5. The fourth-order valence-corrected chi connectivity index (χ4v) is 3.11. The van der Waals surface area contributed by atoms with E-state index in [0.29, 0.717) is 12.4 Å². The number of ketones is 1. The van der Waals surface area contributed by atoms with Crippen molar-refractivity contribution in [1.29, 1.82) is 0 Å². The Morgan fingerprint density at radius 2 is 2.08 bits per heavy atom. The molecule has 0 aliphatic carbocycles. The van der Waals surface area contributed by atoms with E-state index in [1.54, 1.807) is 6.92 Å². The zero-order chi connectivity index (χ0) is 17.3. The van der Waals surface area contributed by atoms with Gasteiger partial charge in [-0.1, -0.05) is 12.1 Å². The summed E-state index contributed by atoms with van der Waals surface area (Å²) >= 11 is 0. The molecule has 1 fully saturated rings. The predicted molar refractivity (Wildman–Crippen MR) is 90.7 cm³/mol. The van der Waals surface area contributed by atoms with Gasteiger partial charge in [0.1, 0.15) is 11.9 Å². The number of imidazole rings is 1. The van der Waals surface area contributed by atoms with Crippen LogP contribution in [0.25, 0.3) is 11.0 Å². The fourth-order valence-electron chi connectivity index (χ4n) is 3.11. The van der Waals surface area contributed by atoms with E-state index in [4.69, 9.17) is 4.74 Å². The highest BCUT2D eigenvalue weighted by Gasteiger charge is 2.28. The van der Waals surface area contributed by atoms with Crippen LogP contribution in [0.5, 0.6) is 0 Å². The second-order valence-corrected chi connectivity index (χ2v) is 6.35. The molecule has 2 aromatic rings. The molecule has 6 nitrogen and oxygen atoms in total. The molecule has 1 N–H and O–H groups in total. The molecule has 1 aliphatic heterocycles. The summed E-state index contributed by atoms with van der Waals surface area (Å²) in [6, 6.07) is 7.05. The van der Waals surface area contributed by atoms with Crippen molar-refractivity contribution < 1.29 is 14.3 Å². The van der Waals surface area contributed by atoms with Gasteiger partial charge in [0.05, 0.1) is 23.1 Å². The third kappa shape index (κ3) is 3.06. The zero-order valence-electron chi connectivity index (χ0n) is 14.3. The van der Waals surface area contributed by atoms with Crippen LogP contribution in [0, 0.1) is 0 Å². The Bertz CT molecular complexity index is 762. The monoisotopic (exact) mass is 329 g/mol. The van der Waals surface area contributed by atoms with Gasteiger partial charge in [0.15, 0.2) is 5.78 Å². The Morgan fingerprint density at radius 3 is 2.75 bits per heavy atom. The van der Waals surface area contributed by atoms with E-state index >= 15 is 0 Å². The van der Waals surface area contributed by atoms with E-state index in [2.05, 4.69) is 10.3 Å². The normalized spacial score (nSPS) is 20.0. The van der Waals surface area contributed by atoms with Crippen LogP contribution in [0.2, 0.25) is 0 Å². The molecule has 1 aromatic heterocycles. The molecule has 1 aliphatic rings. The van der Waals surface area contributed by atoms with E-state index in [-0.39, 0.29) is 29.9 Å². The lowest BCUT2D eigenvalue weighted by atomic mass is 10.2. The van der Waals surface area contributed by atoms with Gasteiger partial charge < -0.3 is 14.6 Å². The molecule has 128 valence electrons. The number of hydrogen-bond donors (Lipinski definition) is 1. The van der Waals surface area contributed by atoms with Gasteiger partial charge in [-0.2, -0.15) is 0 Å².